The quantitative estimate of drug-likeness (QED) is 0.805. The molecule has 3 nitrogen and oxygen atoms in total. The molecule has 0 aliphatic rings. The van der Waals surface area contributed by atoms with Gasteiger partial charge in [-0.2, -0.15) is 0 Å². The highest BCUT2D eigenvalue weighted by Gasteiger charge is 2.22. The van der Waals surface area contributed by atoms with Gasteiger partial charge < -0.3 is 10.1 Å². The monoisotopic (exact) mass is 243 g/mol. The number of nitrogens with one attached hydrogen (secondary N) is 1. The van der Waals surface area contributed by atoms with Crippen LogP contribution in [0.4, 0.5) is 8.78 Å². The fourth-order valence-electron chi connectivity index (χ4n) is 1.62. The van der Waals surface area contributed by atoms with Crippen molar-refractivity contribution < 1.29 is 18.3 Å². The molecule has 0 fully saturated rings. The highest BCUT2D eigenvalue weighted by molar-refractivity contribution is 5.70. The third kappa shape index (κ3) is 3.49. The Morgan fingerprint density at radius 3 is 2.47 bits per heavy atom. The summed E-state index contributed by atoms with van der Waals surface area (Å²) in [4.78, 5) is 11.2. The van der Waals surface area contributed by atoms with E-state index < -0.39 is 23.6 Å². The molecule has 0 radical (unpaired) electrons. The summed E-state index contributed by atoms with van der Waals surface area (Å²) in [6.45, 7) is 2.29. The Balaban J connectivity index is 3.00. The summed E-state index contributed by atoms with van der Waals surface area (Å²) in [7, 11) is 1.24. The van der Waals surface area contributed by atoms with Crippen LogP contribution in [0.5, 0.6) is 0 Å². The average Bonchev–Trinajstić information content (AvgIpc) is 2.28. The van der Waals surface area contributed by atoms with Crippen LogP contribution in [0, 0.1) is 11.6 Å². The Labute approximate surface area is 98.8 Å². The fraction of sp³-hybridized carbons (Fsp3) is 0.417. The Kier molecular flexibility index (Phi) is 5.03. The predicted molar refractivity (Wildman–Crippen MR) is 59.4 cm³/mol. The minimum Gasteiger partial charge on any atom is -0.469 e. The molecule has 0 bridgehead atoms. The van der Waals surface area contributed by atoms with E-state index in [0.29, 0.717) is 6.54 Å². The van der Waals surface area contributed by atoms with Crippen LogP contribution in [0.3, 0.4) is 0 Å². The molecule has 0 aromatic heterocycles. The van der Waals surface area contributed by atoms with Gasteiger partial charge in [0.15, 0.2) is 0 Å². The number of halogens is 2. The van der Waals surface area contributed by atoms with Gasteiger partial charge in [-0.1, -0.05) is 13.0 Å². The smallest absolute Gasteiger partial charge is 0.307 e. The zero-order valence-corrected chi connectivity index (χ0v) is 9.80. The van der Waals surface area contributed by atoms with E-state index in [9.17, 15) is 13.6 Å². The zero-order valence-electron chi connectivity index (χ0n) is 9.80. The van der Waals surface area contributed by atoms with Gasteiger partial charge in [0.05, 0.1) is 13.5 Å². The molecule has 0 aliphatic heterocycles. The molecule has 0 amide bonds. The second-order valence-electron chi connectivity index (χ2n) is 3.53. The first-order valence-electron chi connectivity index (χ1n) is 5.34. The van der Waals surface area contributed by atoms with Gasteiger partial charge in [-0.3, -0.25) is 4.79 Å². The molecule has 1 N–H and O–H groups in total. The molecule has 17 heavy (non-hydrogen) atoms. The van der Waals surface area contributed by atoms with E-state index in [2.05, 4.69) is 10.1 Å². The third-order valence-corrected chi connectivity index (χ3v) is 2.40. The van der Waals surface area contributed by atoms with Crippen molar-refractivity contribution in [1.29, 1.82) is 0 Å². The number of ether oxygens (including phenoxy) is 1. The van der Waals surface area contributed by atoms with Crippen molar-refractivity contribution in [2.24, 2.45) is 0 Å². The van der Waals surface area contributed by atoms with Crippen molar-refractivity contribution >= 4 is 5.97 Å². The van der Waals surface area contributed by atoms with Gasteiger partial charge in [-0.15, -0.1) is 0 Å². The van der Waals surface area contributed by atoms with Crippen LogP contribution in [0.2, 0.25) is 0 Å². The van der Waals surface area contributed by atoms with Crippen molar-refractivity contribution in [3.05, 3.63) is 35.4 Å². The van der Waals surface area contributed by atoms with Gasteiger partial charge >= 0.3 is 5.97 Å². The zero-order chi connectivity index (χ0) is 12.8. The van der Waals surface area contributed by atoms with Crippen molar-refractivity contribution in [3.63, 3.8) is 0 Å². The molecule has 0 heterocycles. The second-order valence-corrected chi connectivity index (χ2v) is 3.53. The Morgan fingerprint density at radius 2 is 2.00 bits per heavy atom. The van der Waals surface area contributed by atoms with Gasteiger partial charge in [0.1, 0.15) is 11.6 Å². The highest BCUT2D eigenvalue weighted by Crippen LogP contribution is 2.23. The van der Waals surface area contributed by atoms with E-state index in [1.807, 2.05) is 0 Å². The number of hydrogen-bond donors (Lipinski definition) is 1. The number of carbonyl (C=O) groups excluding carboxylic acids is 1. The summed E-state index contributed by atoms with van der Waals surface area (Å²) in [5, 5.41) is 2.86. The lowest BCUT2D eigenvalue weighted by Crippen LogP contribution is -2.26. The molecule has 5 heteroatoms. The van der Waals surface area contributed by atoms with Crippen molar-refractivity contribution in [1.82, 2.24) is 5.32 Å². The fourth-order valence-corrected chi connectivity index (χ4v) is 1.62. The van der Waals surface area contributed by atoms with Crippen LogP contribution >= 0.6 is 0 Å². The van der Waals surface area contributed by atoms with Gasteiger partial charge in [0.2, 0.25) is 0 Å². The molecular formula is C12H15F2NO2. The van der Waals surface area contributed by atoms with E-state index in [-0.39, 0.29) is 12.0 Å². The van der Waals surface area contributed by atoms with Crippen LogP contribution < -0.4 is 5.32 Å². The number of rotatable bonds is 5. The van der Waals surface area contributed by atoms with E-state index in [0.717, 1.165) is 0 Å². The Morgan fingerprint density at radius 1 is 1.41 bits per heavy atom. The Bertz CT molecular complexity index is 376. The minimum atomic E-state index is -0.714. The maximum atomic E-state index is 13.5. The number of hydrogen-bond acceptors (Lipinski definition) is 3. The normalized spacial score (nSPS) is 12.2. The van der Waals surface area contributed by atoms with Gasteiger partial charge in [-0.25, -0.2) is 8.78 Å². The summed E-state index contributed by atoms with van der Waals surface area (Å²) in [5.41, 5.74) is -0.125. The van der Waals surface area contributed by atoms with Crippen LogP contribution in [-0.2, 0) is 9.53 Å². The van der Waals surface area contributed by atoms with Crippen LogP contribution in [0.25, 0.3) is 0 Å². The van der Waals surface area contributed by atoms with Crippen LogP contribution in [0.1, 0.15) is 24.9 Å². The summed E-state index contributed by atoms with van der Waals surface area (Å²) in [6.07, 6.45) is -0.109. The lowest BCUT2D eigenvalue weighted by atomic mass is 10.0. The molecule has 0 aliphatic carbocycles. The first-order chi connectivity index (χ1) is 8.10. The van der Waals surface area contributed by atoms with Gasteiger partial charge in [0.25, 0.3) is 0 Å². The molecule has 1 aromatic rings. The van der Waals surface area contributed by atoms with Gasteiger partial charge in [-0.05, 0) is 18.7 Å². The topological polar surface area (TPSA) is 38.3 Å². The second kappa shape index (κ2) is 6.30. The summed E-state index contributed by atoms with van der Waals surface area (Å²) in [6, 6.07) is 2.91. The maximum Gasteiger partial charge on any atom is 0.307 e. The van der Waals surface area contributed by atoms with Crippen molar-refractivity contribution in [2.75, 3.05) is 13.7 Å². The largest absolute Gasteiger partial charge is 0.469 e. The van der Waals surface area contributed by atoms with Gasteiger partial charge in [0, 0.05) is 11.6 Å². The number of esters is 1. The van der Waals surface area contributed by atoms with E-state index >= 15 is 0 Å². The first-order valence-corrected chi connectivity index (χ1v) is 5.34. The first kappa shape index (κ1) is 13.6. The maximum absolute atomic E-state index is 13.5. The third-order valence-electron chi connectivity index (χ3n) is 2.40. The number of benzene rings is 1. The SMILES string of the molecule is CCNC(CC(=O)OC)c1c(F)cccc1F. The van der Waals surface area contributed by atoms with E-state index in [1.165, 1.54) is 25.3 Å². The molecule has 0 spiro atoms. The summed E-state index contributed by atoms with van der Waals surface area (Å²) >= 11 is 0. The highest BCUT2D eigenvalue weighted by atomic mass is 19.1. The molecule has 1 atom stereocenters. The lowest BCUT2D eigenvalue weighted by molar-refractivity contribution is -0.141. The molecule has 0 saturated carbocycles. The lowest BCUT2D eigenvalue weighted by Gasteiger charge is -2.18. The standard InChI is InChI=1S/C12H15F2NO2/c1-3-15-10(7-11(16)17-2)12-8(13)5-4-6-9(12)14/h4-6,10,15H,3,7H2,1-2H3. The Hall–Kier alpha value is -1.49. The molecule has 0 saturated heterocycles. The molecular weight excluding hydrogens is 228 g/mol. The van der Waals surface area contributed by atoms with E-state index in [1.54, 1.807) is 6.92 Å². The van der Waals surface area contributed by atoms with Crippen LogP contribution in [0.15, 0.2) is 18.2 Å². The number of methoxy groups -OCH3 is 1. The number of carbonyl (C=O) groups is 1. The minimum absolute atomic E-state index is 0.109. The van der Waals surface area contributed by atoms with Crippen molar-refractivity contribution in [2.45, 2.75) is 19.4 Å². The predicted octanol–water partition coefficient (Wildman–Crippen LogP) is 2.18. The van der Waals surface area contributed by atoms with E-state index in [4.69, 9.17) is 0 Å². The molecule has 94 valence electrons. The summed E-state index contributed by atoms with van der Waals surface area (Å²) in [5.74, 6) is -1.85. The average molecular weight is 243 g/mol. The van der Waals surface area contributed by atoms with Crippen LogP contribution in [-0.4, -0.2) is 19.6 Å². The molecule has 1 aromatic carbocycles. The molecule has 1 unspecified atom stereocenters. The van der Waals surface area contributed by atoms with Crippen molar-refractivity contribution in [3.8, 4) is 0 Å². The molecule has 1 rings (SSSR count). The summed E-state index contributed by atoms with van der Waals surface area (Å²) < 4.78 is 31.6.